The number of hydrogen-bond donors (Lipinski definition) is 6. The van der Waals surface area contributed by atoms with Crippen LogP contribution in [-0.4, -0.2) is 57.6 Å². The Morgan fingerprint density at radius 2 is 1.38 bits per heavy atom. The minimum absolute atomic E-state index is 0.158. The largest absolute Gasteiger partial charge is 0.444 e. The number of benzene rings is 2. The molecule has 0 radical (unpaired) electrons. The smallest absolute Gasteiger partial charge is 0.408 e. The van der Waals surface area contributed by atoms with Crippen LogP contribution in [0.3, 0.4) is 0 Å². The van der Waals surface area contributed by atoms with Crippen molar-refractivity contribution in [3.63, 3.8) is 0 Å². The summed E-state index contributed by atoms with van der Waals surface area (Å²) in [5.74, 6) is -1.08. The summed E-state index contributed by atoms with van der Waals surface area (Å²) >= 11 is 0. The van der Waals surface area contributed by atoms with Crippen molar-refractivity contribution in [2.45, 2.75) is 70.8 Å². The molecule has 0 spiro atoms. The maximum atomic E-state index is 13.7. The molecular weight excluding hydrogens is 536 g/mol. The monoisotopic (exact) mass is 574 g/mol. The molecule has 6 N–H and O–H groups in total. The van der Waals surface area contributed by atoms with Gasteiger partial charge in [-0.3, -0.25) is 14.4 Å². The van der Waals surface area contributed by atoms with Gasteiger partial charge in [0.25, 0.3) is 0 Å². The molecule has 42 heavy (non-hydrogen) atoms. The molecule has 0 aliphatic rings. The molecule has 0 fully saturated rings. The van der Waals surface area contributed by atoms with E-state index in [1.807, 2.05) is 54.7 Å². The summed E-state index contributed by atoms with van der Waals surface area (Å²) in [7, 11) is 0. The van der Waals surface area contributed by atoms with E-state index in [1.54, 1.807) is 27.0 Å². The third kappa shape index (κ3) is 7.48. The SMILES string of the molecule is CC(C)(C)OC(=O)NC(C)(C)C(=O)N[C@@H](Cc1c[nH]c2ccccc12)C(=O)N[C@H](Cc1c[nH]c2ccccc12)NC=O. The van der Waals surface area contributed by atoms with Gasteiger partial charge in [0.2, 0.25) is 18.2 Å². The fraction of sp³-hybridized carbons (Fsp3) is 0.355. The van der Waals surface area contributed by atoms with E-state index in [2.05, 4.69) is 31.2 Å². The van der Waals surface area contributed by atoms with Gasteiger partial charge < -0.3 is 36.0 Å². The molecule has 0 unspecified atom stereocenters. The van der Waals surface area contributed by atoms with Crippen LogP contribution in [0.5, 0.6) is 0 Å². The number of aromatic amines is 2. The Labute approximate surface area is 244 Å². The van der Waals surface area contributed by atoms with Crippen LogP contribution >= 0.6 is 0 Å². The number of amides is 4. The Kier molecular flexibility index (Phi) is 8.89. The topological polar surface area (TPSA) is 157 Å². The fourth-order valence-electron chi connectivity index (χ4n) is 4.71. The van der Waals surface area contributed by atoms with E-state index in [4.69, 9.17) is 4.74 Å². The Morgan fingerprint density at radius 1 is 0.833 bits per heavy atom. The zero-order valence-electron chi connectivity index (χ0n) is 24.5. The minimum Gasteiger partial charge on any atom is -0.444 e. The molecule has 4 aromatic rings. The number of aromatic nitrogens is 2. The average molecular weight is 575 g/mol. The molecule has 11 nitrogen and oxygen atoms in total. The molecule has 11 heteroatoms. The van der Waals surface area contributed by atoms with Gasteiger partial charge in [0.15, 0.2) is 0 Å². The highest BCUT2D eigenvalue weighted by molar-refractivity contribution is 5.94. The van der Waals surface area contributed by atoms with Crippen LogP contribution in [0.1, 0.15) is 45.7 Å². The molecule has 2 aromatic carbocycles. The lowest BCUT2D eigenvalue weighted by atomic mass is 10.0. The first kappa shape index (κ1) is 30.2. The predicted octanol–water partition coefficient (Wildman–Crippen LogP) is 3.41. The second-order valence-electron chi connectivity index (χ2n) is 11.8. The van der Waals surface area contributed by atoms with E-state index >= 15 is 0 Å². The molecule has 0 bridgehead atoms. The molecule has 0 aliphatic carbocycles. The number of fused-ring (bicyclic) bond motifs is 2. The van der Waals surface area contributed by atoms with E-state index in [-0.39, 0.29) is 6.42 Å². The number of para-hydroxylation sites is 2. The molecule has 2 aromatic heterocycles. The number of hydrogen-bond acceptors (Lipinski definition) is 5. The Morgan fingerprint density at radius 3 is 1.93 bits per heavy atom. The number of rotatable bonds is 11. The minimum atomic E-state index is -1.40. The van der Waals surface area contributed by atoms with Crippen molar-refractivity contribution in [1.29, 1.82) is 0 Å². The van der Waals surface area contributed by atoms with Crippen molar-refractivity contribution >= 4 is 46.1 Å². The highest BCUT2D eigenvalue weighted by Gasteiger charge is 2.35. The van der Waals surface area contributed by atoms with Gasteiger partial charge in [0.05, 0.1) is 0 Å². The van der Waals surface area contributed by atoms with Gasteiger partial charge in [0, 0.05) is 47.0 Å². The zero-order valence-corrected chi connectivity index (χ0v) is 24.5. The van der Waals surface area contributed by atoms with Crippen LogP contribution < -0.4 is 21.3 Å². The van der Waals surface area contributed by atoms with Crippen molar-refractivity contribution in [1.82, 2.24) is 31.2 Å². The summed E-state index contributed by atoms with van der Waals surface area (Å²) in [4.78, 5) is 57.5. The molecule has 4 amide bonds. The fourth-order valence-corrected chi connectivity index (χ4v) is 4.71. The van der Waals surface area contributed by atoms with Crippen LogP contribution in [-0.2, 0) is 32.0 Å². The summed E-state index contributed by atoms with van der Waals surface area (Å²) in [6, 6.07) is 14.4. The highest BCUT2D eigenvalue weighted by Crippen LogP contribution is 2.21. The number of ether oxygens (including phenoxy) is 1. The van der Waals surface area contributed by atoms with Gasteiger partial charge in [0.1, 0.15) is 23.3 Å². The maximum absolute atomic E-state index is 13.7. The van der Waals surface area contributed by atoms with Crippen LogP contribution in [0, 0.1) is 0 Å². The van der Waals surface area contributed by atoms with E-state index < -0.39 is 41.3 Å². The van der Waals surface area contributed by atoms with Crippen LogP contribution in [0.4, 0.5) is 4.79 Å². The molecule has 0 aliphatic heterocycles. The van der Waals surface area contributed by atoms with Gasteiger partial charge in [-0.05, 0) is 57.9 Å². The molecule has 222 valence electrons. The first-order valence-corrected chi connectivity index (χ1v) is 13.8. The summed E-state index contributed by atoms with van der Waals surface area (Å²) in [6.45, 7) is 8.23. The standard InChI is InChI=1S/C31H38N6O5/c1-30(2,3)42-29(41)37-31(4,5)28(40)35-25(14-19-16-32-23-12-8-6-10-21(19)23)27(39)36-26(34-18-38)15-20-17-33-24-13-9-7-11-22(20)24/h6-13,16-18,25-26,32-33H,14-15H2,1-5H3,(H,34,38)(H,35,40)(H,36,39)(H,37,41)/t25-,26+/m0/s1. The first-order chi connectivity index (χ1) is 19.9. The number of nitrogens with one attached hydrogen (secondary N) is 6. The first-order valence-electron chi connectivity index (χ1n) is 13.8. The lowest BCUT2D eigenvalue weighted by molar-refractivity contribution is -0.132. The molecule has 4 rings (SSSR count). The predicted molar refractivity (Wildman–Crippen MR) is 161 cm³/mol. The van der Waals surface area contributed by atoms with Crippen molar-refractivity contribution in [3.05, 3.63) is 72.1 Å². The number of carbonyl (C=O) groups is 4. The number of H-pyrrole nitrogens is 2. The third-order valence-electron chi connectivity index (χ3n) is 6.79. The molecule has 0 saturated heterocycles. The van der Waals surface area contributed by atoms with Crippen molar-refractivity contribution in [2.24, 2.45) is 0 Å². The van der Waals surface area contributed by atoms with Crippen LogP contribution in [0.15, 0.2) is 60.9 Å². The molecule has 2 heterocycles. The second-order valence-corrected chi connectivity index (χ2v) is 11.8. The highest BCUT2D eigenvalue weighted by atomic mass is 16.6. The average Bonchev–Trinajstić information content (AvgIpc) is 3.51. The van der Waals surface area contributed by atoms with Gasteiger partial charge in [-0.15, -0.1) is 0 Å². The summed E-state index contributed by atoms with van der Waals surface area (Å²) in [6.07, 6.45) is 3.14. The Hall–Kier alpha value is -4.80. The lowest BCUT2D eigenvalue weighted by Gasteiger charge is -2.30. The van der Waals surface area contributed by atoms with Crippen molar-refractivity contribution in [3.8, 4) is 0 Å². The van der Waals surface area contributed by atoms with Gasteiger partial charge in [-0.1, -0.05) is 36.4 Å². The maximum Gasteiger partial charge on any atom is 0.408 e. The van der Waals surface area contributed by atoms with Crippen molar-refractivity contribution in [2.75, 3.05) is 0 Å². The van der Waals surface area contributed by atoms with Crippen molar-refractivity contribution < 1.29 is 23.9 Å². The van der Waals surface area contributed by atoms with E-state index in [1.165, 1.54) is 13.8 Å². The number of carbonyl (C=O) groups excluding carboxylic acids is 4. The number of alkyl carbamates (subject to hydrolysis) is 1. The Balaban J connectivity index is 1.56. The van der Waals surface area contributed by atoms with Gasteiger partial charge in [-0.25, -0.2) is 4.79 Å². The normalized spacial score (nSPS) is 13.3. The lowest BCUT2D eigenvalue weighted by Crippen LogP contribution is -2.61. The quantitative estimate of drug-likeness (QED) is 0.120. The zero-order chi connectivity index (χ0) is 30.5. The Bertz CT molecular complexity index is 1580. The van der Waals surface area contributed by atoms with E-state index in [0.717, 1.165) is 32.9 Å². The van der Waals surface area contributed by atoms with Gasteiger partial charge >= 0.3 is 6.09 Å². The molecular formula is C31H38N6O5. The molecule has 2 atom stereocenters. The van der Waals surface area contributed by atoms with E-state index in [9.17, 15) is 19.2 Å². The summed E-state index contributed by atoms with van der Waals surface area (Å²) < 4.78 is 5.31. The molecule has 0 saturated carbocycles. The summed E-state index contributed by atoms with van der Waals surface area (Å²) in [5.41, 5.74) is 1.41. The van der Waals surface area contributed by atoms with E-state index in [0.29, 0.717) is 12.8 Å². The second kappa shape index (κ2) is 12.4. The summed E-state index contributed by atoms with van der Waals surface area (Å²) in [5, 5.41) is 12.8. The van der Waals surface area contributed by atoms with Crippen LogP contribution in [0.25, 0.3) is 21.8 Å². The van der Waals surface area contributed by atoms with Gasteiger partial charge in [-0.2, -0.15) is 0 Å². The third-order valence-corrected chi connectivity index (χ3v) is 6.79. The van der Waals surface area contributed by atoms with Crippen LogP contribution in [0.2, 0.25) is 0 Å².